The summed E-state index contributed by atoms with van der Waals surface area (Å²) in [7, 11) is 0. The van der Waals surface area contributed by atoms with Crippen molar-refractivity contribution in [2.24, 2.45) is 0 Å². The molecule has 49 heavy (non-hydrogen) atoms. The molecular weight excluding hydrogens is 632 g/mol. The monoisotopic (exact) mass is 690 g/mol. The Morgan fingerprint density at radius 1 is 0.633 bits per heavy atom. The smallest absolute Gasteiger partial charge is 0.150 e. The van der Waals surface area contributed by atoms with Gasteiger partial charge in [-0.3, -0.25) is 0 Å². The Kier molecular flexibility index (Phi) is 16.6. The molecular formula is C41H59ClN4O3. The average Bonchev–Trinajstić information content (AvgIpc) is 3.48. The van der Waals surface area contributed by atoms with E-state index in [1.54, 1.807) is 0 Å². The minimum atomic E-state index is 0.629. The number of hydrogen-bond donors (Lipinski definition) is 0. The van der Waals surface area contributed by atoms with Crippen LogP contribution in [0, 0.1) is 0 Å². The lowest BCUT2D eigenvalue weighted by molar-refractivity contribution is 0.243. The zero-order chi connectivity index (χ0) is 34.8. The maximum Gasteiger partial charge on any atom is 0.150 e. The Morgan fingerprint density at radius 3 is 1.86 bits per heavy atom. The summed E-state index contributed by atoms with van der Waals surface area (Å²) < 4.78 is 21.3. The second-order valence-corrected chi connectivity index (χ2v) is 13.1. The predicted octanol–water partition coefficient (Wildman–Crippen LogP) is 9.12. The first-order valence-electron chi connectivity index (χ1n) is 18.7. The van der Waals surface area contributed by atoms with Crippen molar-refractivity contribution in [2.45, 2.75) is 86.1 Å². The zero-order valence-corrected chi connectivity index (χ0v) is 31.4. The van der Waals surface area contributed by atoms with Crippen molar-refractivity contribution in [3.63, 3.8) is 0 Å². The summed E-state index contributed by atoms with van der Waals surface area (Å²) in [6, 6.07) is 20.7. The van der Waals surface area contributed by atoms with Crippen LogP contribution < -0.4 is 14.2 Å². The molecule has 4 rings (SSSR count). The molecule has 0 N–H and O–H groups in total. The number of hydrogen-bond acceptors (Lipinski definition) is 6. The van der Waals surface area contributed by atoms with Gasteiger partial charge in [-0.25, -0.2) is 4.98 Å². The molecule has 8 heteroatoms. The van der Waals surface area contributed by atoms with Crippen LogP contribution >= 0.6 is 11.6 Å². The second kappa shape index (κ2) is 21.1. The Balaban J connectivity index is 1.47. The van der Waals surface area contributed by atoms with E-state index < -0.39 is 0 Å². The maximum absolute atomic E-state index is 6.48. The Hall–Kier alpha value is -3.26. The van der Waals surface area contributed by atoms with E-state index in [-0.39, 0.29) is 0 Å². The van der Waals surface area contributed by atoms with Crippen LogP contribution in [0.3, 0.4) is 0 Å². The van der Waals surface area contributed by atoms with E-state index in [0.717, 1.165) is 130 Å². The van der Waals surface area contributed by atoms with E-state index in [9.17, 15) is 0 Å². The van der Waals surface area contributed by atoms with Gasteiger partial charge in [0.1, 0.15) is 22.8 Å². The number of halogens is 1. The van der Waals surface area contributed by atoms with Gasteiger partial charge in [0.05, 0.1) is 25.3 Å². The van der Waals surface area contributed by atoms with Crippen LogP contribution in [-0.4, -0.2) is 78.4 Å². The first-order valence-corrected chi connectivity index (χ1v) is 19.0. The number of benzene rings is 3. The van der Waals surface area contributed by atoms with E-state index in [0.29, 0.717) is 19.8 Å². The molecule has 0 aliphatic heterocycles. The molecule has 0 unspecified atom stereocenters. The SMILES string of the molecule is CCCCn1c(CCc2ccc(OCCc3ccc(Cl)cc3)cc2)nc2c(OCCCN(CC)CC)cc(OCCCN(CC)CC)cc21. The lowest BCUT2D eigenvalue weighted by Crippen LogP contribution is -2.25. The van der Waals surface area contributed by atoms with E-state index in [2.05, 4.69) is 85.4 Å². The molecule has 4 aromatic rings. The van der Waals surface area contributed by atoms with Crippen molar-refractivity contribution in [3.05, 3.63) is 82.6 Å². The standard InChI is InChI=1S/C41H59ClN4O3/c1-6-11-27-46-38-31-37(47-28-12-25-44(7-2)8-3)32-39(49-29-13-26-45(9-4)10-5)41(38)43-40(46)23-18-33-16-21-36(22-17-33)48-30-24-34-14-19-35(42)20-15-34/h14-17,19-22,31-32H,6-13,18,23-30H2,1-5H3. The number of rotatable bonds is 24. The fourth-order valence-corrected chi connectivity index (χ4v) is 6.27. The number of fused-ring (bicyclic) bond motifs is 1. The molecule has 0 atom stereocenters. The Morgan fingerprint density at radius 2 is 1.22 bits per heavy atom. The Labute approximate surface area is 300 Å². The minimum Gasteiger partial charge on any atom is -0.493 e. The van der Waals surface area contributed by atoms with Gasteiger partial charge in [-0.1, -0.05) is 76.9 Å². The molecule has 0 amide bonds. The summed E-state index contributed by atoms with van der Waals surface area (Å²) in [6.07, 6.45) is 6.77. The molecule has 1 heterocycles. The van der Waals surface area contributed by atoms with Gasteiger partial charge < -0.3 is 28.6 Å². The van der Waals surface area contributed by atoms with E-state index in [1.807, 2.05) is 24.3 Å². The summed E-state index contributed by atoms with van der Waals surface area (Å²) in [6.45, 7) is 20.3. The van der Waals surface area contributed by atoms with Crippen LogP contribution in [-0.2, 0) is 25.8 Å². The van der Waals surface area contributed by atoms with Gasteiger partial charge in [-0.2, -0.15) is 0 Å². The molecule has 0 saturated heterocycles. The van der Waals surface area contributed by atoms with Crippen molar-refractivity contribution in [1.29, 1.82) is 0 Å². The van der Waals surface area contributed by atoms with Crippen LogP contribution in [0.2, 0.25) is 5.02 Å². The first-order chi connectivity index (χ1) is 24.0. The highest BCUT2D eigenvalue weighted by Gasteiger charge is 2.17. The van der Waals surface area contributed by atoms with Gasteiger partial charge in [0, 0.05) is 49.6 Å². The third-order valence-corrected chi connectivity index (χ3v) is 9.54. The van der Waals surface area contributed by atoms with Crippen LogP contribution in [0.4, 0.5) is 0 Å². The van der Waals surface area contributed by atoms with Crippen molar-refractivity contribution < 1.29 is 14.2 Å². The van der Waals surface area contributed by atoms with Crippen molar-refractivity contribution >= 4 is 22.6 Å². The van der Waals surface area contributed by atoms with Crippen LogP contribution in [0.25, 0.3) is 11.0 Å². The molecule has 1 aromatic heterocycles. The first kappa shape index (κ1) is 38.5. The number of nitrogens with zero attached hydrogens (tertiary/aromatic N) is 4. The maximum atomic E-state index is 6.48. The van der Waals surface area contributed by atoms with E-state index >= 15 is 0 Å². The molecule has 7 nitrogen and oxygen atoms in total. The third-order valence-electron chi connectivity index (χ3n) is 9.29. The normalized spacial score (nSPS) is 11.6. The molecule has 0 aliphatic carbocycles. The van der Waals surface area contributed by atoms with Crippen molar-refractivity contribution in [2.75, 3.05) is 59.1 Å². The highest BCUT2D eigenvalue weighted by Crippen LogP contribution is 2.33. The lowest BCUT2D eigenvalue weighted by Gasteiger charge is -2.18. The molecule has 0 aliphatic rings. The molecule has 3 aromatic carbocycles. The molecule has 0 spiro atoms. The Bertz CT molecular complexity index is 1500. The lowest BCUT2D eigenvalue weighted by atomic mass is 10.1. The summed E-state index contributed by atoms with van der Waals surface area (Å²) in [4.78, 5) is 10.1. The van der Waals surface area contributed by atoms with Gasteiger partial charge in [0.2, 0.25) is 0 Å². The van der Waals surface area contributed by atoms with Crippen LogP contribution in [0.15, 0.2) is 60.7 Å². The summed E-state index contributed by atoms with van der Waals surface area (Å²) >= 11 is 6.01. The van der Waals surface area contributed by atoms with Gasteiger partial charge >= 0.3 is 0 Å². The van der Waals surface area contributed by atoms with Crippen molar-refractivity contribution in [3.8, 4) is 17.2 Å². The largest absolute Gasteiger partial charge is 0.493 e. The summed E-state index contributed by atoms with van der Waals surface area (Å²) in [5, 5.41) is 0.756. The number of imidazole rings is 1. The number of ether oxygens (including phenoxy) is 3. The highest BCUT2D eigenvalue weighted by molar-refractivity contribution is 6.30. The van der Waals surface area contributed by atoms with Gasteiger partial charge in [0.15, 0.2) is 5.75 Å². The third kappa shape index (κ3) is 12.2. The molecule has 0 fully saturated rings. The summed E-state index contributed by atoms with van der Waals surface area (Å²) in [5.74, 6) is 3.67. The van der Waals surface area contributed by atoms with Crippen molar-refractivity contribution in [1.82, 2.24) is 19.4 Å². The number of aryl methyl sites for hydroxylation is 3. The van der Waals surface area contributed by atoms with Crippen LogP contribution in [0.1, 0.15) is 77.3 Å². The topological polar surface area (TPSA) is 52.0 Å². The van der Waals surface area contributed by atoms with Gasteiger partial charge in [0.25, 0.3) is 0 Å². The average molecular weight is 691 g/mol. The van der Waals surface area contributed by atoms with Crippen LogP contribution in [0.5, 0.6) is 17.2 Å². The molecule has 0 bridgehead atoms. The quantitative estimate of drug-likeness (QED) is 0.0684. The zero-order valence-electron chi connectivity index (χ0n) is 30.7. The molecule has 0 radical (unpaired) electrons. The van der Waals surface area contributed by atoms with E-state index in [4.69, 9.17) is 30.8 Å². The fourth-order valence-electron chi connectivity index (χ4n) is 6.14. The predicted molar refractivity (Wildman–Crippen MR) is 205 cm³/mol. The second-order valence-electron chi connectivity index (χ2n) is 12.6. The van der Waals surface area contributed by atoms with Gasteiger partial charge in [-0.15, -0.1) is 0 Å². The highest BCUT2D eigenvalue weighted by atomic mass is 35.5. The van der Waals surface area contributed by atoms with E-state index in [1.165, 1.54) is 11.1 Å². The fraction of sp³-hybridized carbons (Fsp3) is 0.537. The molecule has 0 saturated carbocycles. The summed E-state index contributed by atoms with van der Waals surface area (Å²) in [5.41, 5.74) is 4.53. The van der Waals surface area contributed by atoms with Gasteiger partial charge in [-0.05, 0) is 87.3 Å². The number of aromatic nitrogens is 2. The minimum absolute atomic E-state index is 0.629. The molecule has 268 valence electrons. The number of unbranched alkanes of at least 4 members (excludes halogenated alkanes) is 1.